The highest BCUT2D eigenvalue weighted by molar-refractivity contribution is 5.88. The predicted molar refractivity (Wildman–Crippen MR) is 67.7 cm³/mol. The van der Waals surface area contributed by atoms with Crippen LogP contribution in [0.25, 0.3) is 0 Å². The van der Waals surface area contributed by atoms with Crippen molar-refractivity contribution in [1.82, 2.24) is 0 Å². The summed E-state index contributed by atoms with van der Waals surface area (Å²) in [6, 6.07) is 2.72. The fraction of sp³-hybridized carbons (Fsp3) is 0.333. The molecular formula is C12H13NO8. The summed E-state index contributed by atoms with van der Waals surface area (Å²) in [7, 11) is 0. The number of aliphatic hydroxyl groups excluding tert-OH is 2. The van der Waals surface area contributed by atoms with Crippen LogP contribution >= 0.6 is 0 Å². The van der Waals surface area contributed by atoms with E-state index in [-0.39, 0.29) is 17.7 Å². The van der Waals surface area contributed by atoms with Gasteiger partial charge < -0.3 is 20.1 Å². The van der Waals surface area contributed by atoms with Crippen molar-refractivity contribution in [3.05, 3.63) is 39.4 Å². The van der Waals surface area contributed by atoms with Crippen LogP contribution in [-0.2, 0) is 9.53 Å². The van der Waals surface area contributed by atoms with E-state index in [2.05, 4.69) is 4.74 Å². The van der Waals surface area contributed by atoms with Gasteiger partial charge in [0.2, 0.25) is 0 Å². The van der Waals surface area contributed by atoms with Crippen LogP contribution < -0.4 is 0 Å². The topological polar surface area (TPSA) is 147 Å². The van der Waals surface area contributed by atoms with Gasteiger partial charge in [-0.25, -0.2) is 9.59 Å². The SMILES string of the molecule is CCOC(=O)C(O)C(O)c1ccc(C(=O)O)cc1[N+](=O)[O-]. The zero-order chi connectivity index (χ0) is 16.2. The highest BCUT2D eigenvalue weighted by Gasteiger charge is 2.32. The number of nitro groups is 1. The number of nitro benzene ring substituents is 1. The van der Waals surface area contributed by atoms with Crippen molar-refractivity contribution >= 4 is 17.6 Å². The summed E-state index contributed by atoms with van der Waals surface area (Å²) in [6.07, 6.45) is -3.92. The van der Waals surface area contributed by atoms with Gasteiger partial charge in [0.15, 0.2) is 6.10 Å². The van der Waals surface area contributed by atoms with Crippen LogP contribution in [0.1, 0.15) is 28.9 Å². The fourth-order valence-electron chi connectivity index (χ4n) is 1.61. The van der Waals surface area contributed by atoms with Gasteiger partial charge in [-0.05, 0) is 19.1 Å². The van der Waals surface area contributed by atoms with Gasteiger partial charge in [0, 0.05) is 6.07 Å². The van der Waals surface area contributed by atoms with Gasteiger partial charge in [0.05, 0.1) is 22.7 Å². The molecular weight excluding hydrogens is 286 g/mol. The van der Waals surface area contributed by atoms with E-state index in [1.54, 1.807) is 0 Å². The van der Waals surface area contributed by atoms with Gasteiger partial charge in [0.25, 0.3) is 5.69 Å². The molecule has 1 rings (SSSR count). The summed E-state index contributed by atoms with van der Waals surface area (Å²) < 4.78 is 4.50. The number of hydrogen-bond donors (Lipinski definition) is 3. The van der Waals surface area contributed by atoms with Crippen LogP contribution in [-0.4, -0.2) is 44.9 Å². The number of aromatic carboxylic acids is 1. The first-order chi connectivity index (χ1) is 9.79. The standard InChI is InChI=1S/C12H13NO8/c1-2-21-12(18)10(15)9(14)7-4-3-6(11(16)17)5-8(7)13(19)20/h3-5,9-10,14-15H,2H2,1H3,(H,16,17). The molecule has 0 aromatic heterocycles. The number of ether oxygens (including phenoxy) is 1. The molecule has 2 atom stereocenters. The Morgan fingerprint density at radius 3 is 2.48 bits per heavy atom. The zero-order valence-electron chi connectivity index (χ0n) is 10.9. The third-order valence-corrected chi connectivity index (χ3v) is 2.62. The molecule has 1 aromatic carbocycles. The van der Waals surface area contributed by atoms with Crippen molar-refractivity contribution in [1.29, 1.82) is 0 Å². The first-order valence-electron chi connectivity index (χ1n) is 5.84. The zero-order valence-corrected chi connectivity index (χ0v) is 10.9. The van der Waals surface area contributed by atoms with Crippen molar-refractivity contribution in [2.45, 2.75) is 19.1 Å². The maximum absolute atomic E-state index is 11.3. The molecule has 0 radical (unpaired) electrons. The molecule has 2 unspecified atom stereocenters. The van der Waals surface area contributed by atoms with E-state index >= 15 is 0 Å². The summed E-state index contributed by atoms with van der Waals surface area (Å²) in [4.78, 5) is 32.1. The molecule has 3 N–H and O–H groups in total. The number of benzene rings is 1. The summed E-state index contributed by atoms with van der Waals surface area (Å²) in [5.41, 5.74) is -1.46. The molecule has 0 saturated heterocycles. The van der Waals surface area contributed by atoms with Gasteiger partial charge in [0.1, 0.15) is 6.10 Å². The first-order valence-corrected chi connectivity index (χ1v) is 5.84. The van der Waals surface area contributed by atoms with Crippen LogP contribution in [0.4, 0.5) is 5.69 Å². The van der Waals surface area contributed by atoms with E-state index in [1.807, 2.05) is 0 Å². The van der Waals surface area contributed by atoms with E-state index in [4.69, 9.17) is 5.11 Å². The van der Waals surface area contributed by atoms with Gasteiger partial charge in [-0.1, -0.05) is 0 Å². The second kappa shape index (κ2) is 6.77. The number of aliphatic hydroxyl groups is 2. The van der Waals surface area contributed by atoms with Crippen molar-refractivity contribution in [3.63, 3.8) is 0 Å². The minimum absolute atomic E-state index is 0.0390. The molecule has 21 heavy (non-hydrogen) atoms. The molecule has 0 aliphatic rings. The van der Waals surface area contributed by atoms with Crippen molar-refractivity contribution in [3.8, 4) is 0 Å². The lowest BCUT2D eigenvalue weighted by Gasteiger charge is -2.16. The van der Waals surface area contributed by atoms with Crippen LogP contribution in [0, 0.1) is 10.1 Å². The maximum Gasteiger partial charge on any atom is 0.338 e. The van der Waals surface area contributed by atoms with E-state index in [0.29, 0.717) is 0 Å². The Morgan fingerprint density at radius 2 is 2.00 bits per heavy atom. The lowest BCUT2D eigenvalue weighted by Crippen LogP contribution is -2.30. The normalized spacial score (nSPS) is 13.3. The summed E-state index contributed by atoms with van der Waals surface area (Å²) in [5.74, 6) is -2.52. The van der Waals surface area contributed by atoms with Crippen LogP contribution in [0.2, 0.25) is 0 Å². The quantitative estimate of drug-likeness (QED) is 0.384. The lowest BCUT2D eigenvalue weighted by atomic mass is 10.0. The number of hydrogen-bond acceptors (Lipinski definition) is 7. The summed E-state index contributed by atoms with van der Waals surface area (Å²) in [6.45, 7) is 1.45. The Kier molecular flexibility index (Phi) is 5.33. The Labute approximate surface area is 118 Å². The van der Waals surface area contributed by atoms with E-state index in [1.165, 1.54) is 6.92 Å². The molecule has 0 spiro atoms. The summed E-state index contributed by atoms with van der Waals surface area (Å²) >= 11 is 0. The minimum Gasteiger partial charge on any atom is -0.478 e. The van der Waals surface area contributed by atoms with Gasteiger partial charge in [-0.3, -0.25) is 10.1 Å². The molecule has 0 aliphatic heterocycles. The van der Waals surface area contributed by atoms with Gasteiger partial charge >= 0.3 is 11.9 Å². The third kappa shape index (κ3) is 3.74. The van der Waals surface area contributed by atoms with Crippen LogP contribution in [0.15, 0.2) is 18.2 Å². The second-order valence-electron chi connectivity index (χ2n) is 3.98. The van der Waals surface area contributed by atoms with Crippen molar-refractivity contribution < 1.29 is 34.6 Å². The molecule has 9 nitrogen and oxygen atoms in total. The molecule has 0 fully saturated rings. The average Bonchev–Trinajstić information content (AvgIpc) is 2.45. The maximum atomic E-state index is 11.3. The number of carboxylic acid groups (broad SMARTS) is 1. The molecule has 9 heteroatoms. The molecule has 0 amide bonds. The lowest BCUT2D eigenvalue weighted by molar-refractivity contribution is -0.386. The fourth-order valence-corrected chi connectivity index (χ4v) is 1.61. The molecule has 0 aliphatic carbocycles. The van der Waals surface area contributed by atoms with Crippen LogP contribution in [0.3, 0.4) is 0 Å². The minimum atomic E-state index is -2.01. The first kappa shape index (κ1) is 16.5. The average molecular weight is 299 g/mol. The van der Waals surface area contributed by atoms with Crippen LogP contribution in [0.5, 0.6) is 0 Å². The number of carboxylic acids is 1. The molecule has 0 bridgehead atoms. The summed E-state index contributed by atoms with van der Waals surface area (Å²) in [5, 5.41) is 39.1. The van der Waals surface area contributed by atoms with E-state index in [0.717, 1.165) is 18.2 Å². The smallest absolute Gasteiger partial charge is 0.338 e. The van der Waals surface area contributed by atoms with Crippen molar-refractivity contribution in [2.75, 3.05) is 6.61 Å². The highest BCUT2D eigenvalue weighted by atomic mass is 16.6. The number of carbonyl (C=O) groups is 2. The number of carbonyl (C=O) groups excluding carboxylic acids is 1. The highest BCUT2D eigenvalue weighted by Crippen LogP contribution is 2.29. The molecule has 0 heterocycles. The molecule has 0 saturated carbocycles. The number of nitrogens with zero attached hydrogens (tertiary/aromatic N) is 1. The van der Waals surface area contributed by atoms with E-state index in [9.17, 15) is 29.9 Å². The molecule has 114 valence electrons. The number of esters is 1. The predicted octanol–water partition coefficient (Wildman–Crippen LogP) is 0.250. The van der Waals surface area contributed by atoms with E-state index < -0.39 is 34.8 Å². The van der Waals surface area contributed by atoms with Gasteiger partial charge in [-0.15, -0.1) is 0 Å². The second-order valence-corrected chi connectivity index (χ2v) is 3.98. The molecule has 1 aromatic rings. The third-order valence-electron chi connectivity index (χ3n) is 2.62. The Morgan fingerprint density at radius 1 is 1.38 bits per heavy atom. The van der Waals surface area contributed by atoms with Gasteiger partial charge in [-0.2, -0.15) is 0 Å². The Balaban J connectivity index is 3.20. The van der Waals surface area contributed by atoms with Crippen molar-refractivity contribution in [2.24, 2.45) is 0 Å². The Hall–Kier alpha value is -2.52. The monoisotopic (exact) mass is 299 g/mol. The number of rotatable bonds is 6. The largest absolute Gasteiger partial charge is 0.478 e. The Bertz CT molecular complexity index is 570.